The minimum atomic E-state index is -0.833. The molecule has 0 radical (unpaired) electrons. The molecule has 1 atom stereocenters. The van der Waals surface area contributed by atoms with Crippen LogP contribution in [0.5, 0.6) is 5.75 Å². The van der Waals surface area contributed by atoms with E-state index < -0.39 is 11.9 Å². The molecule has 1 aromatic rings. The van der Waals surface area contributed by atoms with E-state index in [0.717, 1.165) is 23.3 Å². The average Bonchev–Trinajstić information content (AvgIpc) is 2.50. The van der Waals surface area contributed by atoms with Crippen LogP contribution in [-0.4, -0.2) is 48.2 Å². The van der Waals surface area contributed by atoms with Gasteiger partial charge in [-0.3, -0.25) is 4.79 Å². The molecule has 2 amide bonds. The number of nitrogens with one attached hydrogen (secondary N) is 1. The Hall–Kier alpha value is -2.24. The van der Waals surface area contributed by atoms with E-state index in [0.29, 0.717) is 26.1 Å². The van der Waals surface area contributed by atoms with E-state index in [9.17, 15) is 9.59 Å². The molecule has 2 N–H and O–H groups in total. The second kappa shape index (κ2) is 7.85. The van der Waals surface area contributed by atoms with Gasteiger partial charge in [-0.2, -0.15) is 0 Å². The smallest absolute Gasteiger partial charge is 0.317 e. The number of urea groups is 1. The molecule has 0 bridgehead atoms. The van der Waals surface area contributed by atoms with Crippen molar-refractivity contribution in [1.29, 1.82) is 0 Å². The third-order valence-corrected chi connectivity index (χ3v) is 3.90. The maximum Gasteiger partial charge on any atom is 0.317 e. The number of carboxylic acids is 1. The topological polar surface area (TPSA) is 78.9 Å². The number of aliphatic carboxylic acids is 1. The van der Waals surface area contributed by atoms with Crippen molar-refractivity contribution in [2.75, 3.05) is 26.2 Å². The molecule has 1 aromatic carbocycles. The van der Waals surface area contributed by atoms with Crippen molar-refractivity contribution in [2.45, 2.75) is 26.7 Å². The second-order valence-corrected chi connectivity index (χ2v) is 6.03. The van der Waals surface area contributed by atoms with Crippen LogP contribution in [0.2, 0.25) is 0 Å². The predicted molar refractivity (Wildman–Crippen MR) is 86.7 cm³/mol. The number of carboxylic acid groups (broad SMARTS) is 1. The van der Waals surface area contributed by atoms with E-state index >= 15 is 0 Å². The summed E-state index contributed by atoms with van der Waals surface area (Å²) in [5.41, 5.74) is 2.27. The first kappa shape index (κ1) is 17.1. The largest absolute Gasteiger partial charge is 0.492 e. The highest BCUT2D eigenvalue weighted by molar-refractivity contribution is 5.76. The molecule has 1 unspecified atom stereocenters. The van der Waals surface area contributed by atoms with Crippen molar-refractivity contribution in [3.05, 3.63) is 29.3 Å². The summed E-state index contributed by atoms with van der Waals surface area (Å²) >= 11 is 0. The minimum Gasteiger partial charge on any atom is -0.492 e. The number of amides is 2. The lowest BCUT2D eigenvalue weighted by Gasteiger charge is -2.30. The molecule has 0 spiro atoms. The van der Waals surface area contributed by atoms with Gasteiger partial charge in [0.25, 0.3) is 0 Å². The highest BCUT2D eigenvalue weighted by atomic mass is 16.5. The Kier molecular flexibility index (Phi) is 5.84. The molecule has 0 aromatic heterocycles. The molecule has 2 rings (SSSR count). The van der Waals surface area contributed by atoms with Gasteiger partial charge in [-0.25, -0.2) is 4.79 Å². The minimum absolute atomic E-state index is 0.222. The van der Waals surface area contributed by atoms with Crippen molar-refractivity contribution in [3.8, 4) is 5.75 Å². The number of aryl methyl sites for hydroxylation is 2. The standard InChI is InChI=1S/C17H24N2O4/c1-12-8-13(2)10-15(9-12)23-7-5-18-17(22)19-6-3-4-14(11-19)16(20)21/h8-10,14H,3-7,11H2,1-2H3,(H,18,22)(H,20,21). The van der Waals surface area contributed by atoms with E-state index in [1.54, 1.807) is 4.90 Å². The fourth-order valence-electron chi connectivity index (χ4n) is 2.82. The lowest BCUT2D eigenvalue weighted by atomic mass is 9.99. The monoisotopic (exact) mass is 320 g/mol. The van der Waals surface area contributed by atoms with E-state index in [1.807, 2.05) is 26.0 Å². The van der Waals surface area contributed by atoms with Gasteiger partial charge in [0.15, 0.2) is 0 Å². The Labute approximate surface area is 136 Å². The van der Waals surface area contributed by atoms with E-state index in [-0.39, 0.29) is 12.6 Å². The molecule has 1 heterocycles. The van der Waals surface area contributed by atoms with E-state index in [1.165, 1.54) is 0 Å². The summed E-state index contributed by atoms with van der Waals surface area (Å²) in [6, 6.07) is 5.76. The van der Waals surface area contributed by atoms with Gasteiger partial charge in [-0.1, -0.05) is 6.07 Å². The van der Waals surface area contributed by atoms with Crippen LogP contribution in [0.15, 0.2) is 18.2 Å². The van der Waals surface area contributed by atoms with Crippen LogP contribution in [-0.2, 0) is 4.79 Å². The predicted octanol–water partition coefficient (Wildman–Crippen LogP) is 2.19. The number of carbonyl (C=O) groups is 2. The van der Waals surface area contributed by atoms with Crippen LogP contribution in [0.4, 0.5) is 4.79 Å². The number of hydrogen-bond donors (Lipinski definition) is 2. The van der Waals surface area contributed by atoms with E-state index in [2.05, 4.69) is 11.4 Å². The van der Waals surface area contributed by atoms with Gasteiger partial charge >= 0.3 is 12.0 Å². The Morgan fingerprint density at radius 3 is 2.65 bits per heavy atom. The summed E-state index contributed by atoms with van der Waals surface area (Å²) in [5.74, 6) is -0.498. The van der Waals surface area contributed by atoms with Crippen LogP contribution < -0.4 is 10.1 Å². The number of carbonyl (C=O) groups excluding carboxylic acids is 1. The zero-order valence-electron chi connectivity index (χ0n) is 13.7. The van der Waals surface area contributed by atoms with Crippen molar-refractivity contribution >= 4 is 12.0 Å². The van der Waals surface area contributed by atoms with Crippen molar-refractivity contribution in [2.24, 2.45) is 5.92 Å². The number of rotatable bonds is 5. The second-order valence-electron chi connectivity index (χ2n) is 6.03. The number of benzene rings is 1. The lowest BCUT2D eigenvalue weighted by Crippen LogP contribution is -2.47. The SMILES string of the molecule is Cc1cc(C)cc(OCCNC(=O)N2CCCC(C(=O)O)C2)c1. The first-order valence-corrected chi connectivity index (χ1v) is 7.92. The molecule has 23 heavy (non-hydrogen) atoms. The molecule has 6 nitrogen and oxygen atoms in total. The van der Waals surface area contributed by atoms with Crippen molar-refractivity contribution < 1.29 is 19.4 Å². The molecule has 1 aliphatic heterocycles. The molecular weight excluding hydrogens is 296 g/mol. The number of hydrogen-bond acceptors (Lipinski definition) is 3. The fourth-order valence-corrected chi connectivity index (χ4v) is 2.82. The summed E-state index contributed by atoms with van der Waals surface area (Å²) in [7, 11) is 0. The number of piperidine rings is 1. The third-order valence-electron chi connectivity index (χ3n) is 3.90. The molecule has 0 saturated carbocycles. The normalized spacial score (nSPS) is 17.7. The first-order chi connectivity index (χ1) is 11.0. The van der Waals surface area contributed by atoms with Gasteiger partial charge in [0.2, 0.25) is 0 Å². The molecule has 1 aliphatic rings. The van der Waals surface area contributed by atoms with Gasteiger partial charge in [0.1, 0.15) is 12.4 Å². The highest BCUT2D eigenvalue weighted by Crippen LogP contribution is 2.17. The molecule has 1 fully saturated rings. The third kappa shape index (κ3) is 5.16. The Morgan fingerprint density at radius 1 is 1.30 bits per heavy atom. The van der Waals surface area contributed by atoms with Crippen LogP contribution in [0.3, 0.4) is 0 Å². The zero-order chi connectivity index (χ0) is 16.8. The van der Waals surface area contributed by atoms with Crippen LogP contribution >= 0.6 is 0 Å². The summed E-state index contributed by atoms with van der Waals surface area (Å²) in [6.07, 6.45) is 1.36. The molecule has 0 aliphatic carbocycles. The Balaban J connectivity index is 1.73. The number of ether oxygens (including phenoxy) is 1. The molecule has 1 saturated heterocycles. The van der Waals surface area contributed by atoms with Crippen molar-refractivity contribution in [1.82, 2.24) is 10.2 Å². The van der Waals surface area contributed by atoms with Gasteiger partial charge in [0.05, 0.1) is 12.5 Å². The van der Waals surface area contributed by atoms with Gasteiger partial charge in [0, 0.05) is 13.1 Å². The lowest BCUT2D eigenvalue weighted by molar-refractivity contribution is -0.143. The summed E-state index contributed by atoms with van der Waals surface area (Å²) in [6.45, 7) is 5.67. The number of likely N-dealkylation sites (tertiary alicyclic amines) is 1. The molecule has 126 valence electrons. The maximum atomic E-state index is 12.1. The Bertz CT molecular complexity index is 553. The van der Waals surface area contributed by atoms with E-state index in [4.69, 9.17) is 9.84 Å². The molecular formula is C17H24N2O4. The number of nitrogens with zero attached hydrogens (tertiary/aromatic N) is 1. The van der Waals surface area contributed by atoms with Gasteiger partial charge in [-0.05, 0) is 49.9 Å². The fraction of sp³-hybridized carbons (Fsp3) is 0.529. The van der Waals surface area contributed by atoms with Crippen LogP contribution in [0.1, 0.15) is 24.0 Å². The van der Waals surface area contributed by atoms with Gasteiger partial charge in [-0.15, -0.1) is 0 Å². The summed E-state index contributed by atoms with van der Waals surface area (Å²) in [4.78, 5) is 24.6. The quantitative estimate of drug-likeness (QED) is 0.815. The van der Waals surface area contributed by atoms with Crippen LogP contribution in [0.25, 0.3) is 0 Å². The maximum absolute atomic E-state index is 12.1. The first-order valence-electron chi connectivity index (χ1n) is 7.92. The van der Waals surface area contributed by atoms with Crippen LogP contribution in [0, 0.1) is 19.8 Å². The zero-order valence-corrected chi connectivity index (χ0v) is 13.7. The highest BCUT2D eigenvalue weighted by Gasteiger charge is 2.27. The van der Waals surface area contributed by atoms with Gasteiger partial charge < -0.3 is 20.1 Å². The molecule has 6 heteroatoms. The average molecular weight is 320 g/mol. The summed E-state index contributed by atoms with van der Waals surface area (Å²) in [5, 5.41) is 11.8. The summed E-state index contributed by atoms with van der Waals surface area (Å²) < 4.78 is 5.64. The van der Waals surface area contributed by atoms with Crippen molar-refractivity contribution in [3.63, 3.8) is 0 Å². The Morgan fingerprint density at radius 2 is 2.00 bits per heavy atom.